The Kier molecular flexibility index (Phi) is 27.6. The van der Waals surface area contributed by atoms with E-state index < -0.39 is 11.7 Å². The lowest BCUT2D eigenvalue weighted by Crippen LogP contribution is -2.36. The van der Waals surface area contributed by atoms with Crippen LogP contribution in [0.15, 0.2) is 97.1 Å². The summed E-state index contributed by atoms with van der Waals surface area (Å²) in [4.78, 5) is 65.1. The van der Waals surface area contributed by atoms with E-state index in [1.54, 1.807) is 9.80 Å². The van der Waals surface area contributed by atoms with E-state index in [0.29, 0.717) is 97.3 Å². The molecule has 0 unspecified atom stereocenters. The van der Waals surface area contributed by atoms with Crippen molar-refractivity contribution in [1.82, 2.24) is 25.8 Å². The molecule has 0 heterocycles. The van der Waals surface area contributed by atoms with Crippen LogP contribution in [0.25, 0.3) is 0 Å². The lowest BCUT2D eigenvalue weighted by atomic mass is 10.0. The van der Waals surface area contributed by atoms with Crippen molar-refractivity contribution in [2.24, 2.45) is 5.73 Å². The number of hydrogen-bond acceptors (Lipinski definition) is 9. The normalized spacial score (nSPS) is 10.8. The molecule has 0 saturated carbocycles. The average Bonchev–Trinajstić information content (AvgIpc) is 3.34. The molecular formula is C57H82N6O8. The molecule has 0 aromatic heterocycles. The molecule has 0 radical (unpaired) electrons. The van der Waals surface area contributed by atoms with Crippen molar-refractivity contribution in [3.05, 3.63) is 142 Å². The van der Waals surface area contributed by atoms with Crippen LogP contribution in [-0.4, -0.2) is 97.9 Å². The third-order valence-electron chi connectivity index (χ3n) is 11.6. The number of benzene rings is 4. The second kappa shape index (κ2) is 33.2. The number of aryl methyl sites for hydroxylation is 6. The SMILES string of the molecule is Cc1ccc(CCC(=O)NCCCN(CCCCN)C(=O)OCc2ccccc2)cc1C.Cc1ccc(CCC(=O)NCCCN(CCCCNC(=O)OC(C)(C)C)C(=O)OCc2ccccc2)cc1C. The summed E-state index contributed by atoms with van der Waals surface area (Å²) in [7, 11) is 0. The maximum Gasteiger partial charge on any atom is 0.410 e. The van der Waals surface area contributed by atoms with Gasteiger partial charge in [0.1, 0.15) is 18.8 Å². The third-order valence-corrected chi connectivity index (χ3v) is 11.6. The van der Waals surface area contributed by atoms with Crippen LogP contribution in [0, 0.1) is 27.7 Å². The van der Waals surface area contributed by atoms with Crippen LogP contribution in [-0.2, 0) is 49.9 Å². The summed E-state index contributed by atoms with van der Waals surface area (Å²) in [6.07, 6.45) is 5.52. The van der Waals surface area contributed by atoms with Crippen LogP contribution in [0.1, 0.15) is 117 Å². The molecule has 4 rings (SSSR count). The summed E-state index contributed by atoms with van der Waals surface area (Å²) in [5.74, 6) is 0.0317. The first-order valence-corrected chi connectivity index (χ1v) is 25.3. The summed E-state index contributed by atoms with van der Waals surface area (Å²) in [6.45, 7) is 18.4. The molecule has 0 aliphatic rings. The van der Waals surface area contributed by atoms with Gasteiger partial charge in [-0.1, -0.05) is 97.1 Å². The quantitative estimate of drug-likeness (QED) is 0.0334. The van der Waals surface area contributed by atoms with Crippen molar-refractivity contribution in [2.45, 2.75) is 131 Å². The molecule has 0 aliphatic carbocycles. The zero-order chi connectivity index (χ0) is 51.9. The van der Waals surface area contributed by atoms with Gasteiger partial charge >= 0.3 is 18.3 Å². The van der Waals surface area contributed by atoms with Crippen LogP contribution < -0.4 is 21.7 Å². The predicted octanol–water partition coefficient (Wildman–Crippen LogP) is 9.81. The second-order valence-electron chi connectivity index (χ2n) is 18.9. The molecule has 0 bridgehead atoms. The minimum Gasteiger partial charge on any atom is -0.445 e. The number of nitrogens with zero attached hydrogens (tertiary/aromatic N) is 2. The first kappa shape index (κ1) is 58.9. The van der Waals surface area contributed by atoms with Gasteiger partial charge < -0.3 is 45.7 Å². The van der Waals surface area contributed by atoms with E-state index in [4.69, 9.17) is 19.9 Å². The second-order valence-corrected chi connectivity index (χ2v) is 18.9. The van der Waals surface area contributed by atoms with Crippen molar-refractivity contribution in [3.63, 3.8) is 0 Å². The molecule has 388 valence electrons. The molecule has 0 spiro atoms. The highest BCUT2D eigenvalue weighted by Crippen LogP contribution is 2.14. The van der Waals surface area contributed by atoms with E-state index in [0.717, 1.165) is 36.0 Å². The Morgan fingerprint density at radius 1 is 0.493 bits per heavy atom. The van der Waals surface area contributed by atoms with Crippen LogP contribution >= 0.6 is 0 Å². The van der Waals surface area contributed by atoms with E-state index >= 15 is 0 Å². The van der Waals surface area contributed by atoms with Gasteiger partial charge in [-0.05, 0) is 151 Å². The Bertz CT molecular complexity index is 2200. The minimum atomic E-state index is -0.543. The lowest BCUT2D eigenvalue weighted by molar-refractivity contribution is -0.121. The van der Waals surface area contributed by atoms with E-state index in [-0.39, 0.29) is 37.2 Å². The standard InChI is InChI=1S/C31H45N3O5.C26H37N3O3/c1-24-14-15-26(22-25(24)2)16-17-28(35)32-19-11-21-34(30(37)38-23-27-12-7-6-8-13-27)20-10-9-18-33-29(36)39-31(3,4)5;1-21-11-12-23(19-22(21)2)13-14-25(30)28-16-8-18-29(17-7-6-15-27)26(31)32-20-24-9-4-3-5-10-24/h6-8,12-15,22H,9-11,16-21,23H2,1-5H3,(H,32,35)(H,33,36);3-5,9-12,19H,6-8,13-18,20,27H2,1-2H3,(H,28,30). The molecule has 0 saturated heterocycles. The Labute approximate surface area is 423 Å². The first-order valence-electron chi connectivity index (χ1n) is 25.3. The highest BCUT2D eigenvalue weighted by molar-refractivity contribution is 5.76. The Morgan fingerprint density at radius 2 is 0.901 bits per heavy atom. The van der Waals surface area contributed by atoms with Crippen LogP contribution in [0.5, 0.6) is 0 Å². The molecule has 4 aromatic carbocycles. The Morgan fingerprint density at radius 3 is 1.31 bits per heavy atom. The molecule has 5 amide bonds. The van der Waals surface area contributed by atoms with E-state index in [1.165, 1.54) is 27.8 Å². The number of nitrogens with two attached hydrogens (primary N) is 1. The maximum absolute atomic E-state index is 12.8. The van der Waals surface area contributed by atoms with Gasteiger partial charge in [0.25, 0.3) is 0 Å². The van der Waals surface area contributed by atoms with Gasteiger partial charge in [-0.15, -0.1) is 0 Å². The van der Waals surface area contributed by atoms with Gasteiger partial charge in [0.15, 0.2) is 0 Å². The minimum absolute atomic E-state index is 0.000325. The monoisotopic (exact) mass is 979 g/mol. The summed E-state index contributed by atoms with van der Waals surface area (Å²) in [5.41, 5.74) is 14.2. The zero-order valence-corrected chi connectivity index (χ0v) is 43.6. The van der Waals surface area contributed by atoms with E-state index in [9.17, 15) is 24.0 Å². The number of nitrogens with one attached hydrogen (secondary N) is 3. The van der Waals surface area contributed by atoms with Crippen molar-refractivity contribution >= 4 is 30.1 Å². The molecule has 4 aromatic rings. The Hall–Kier alpha value is -6.41. The average molecular weight is 979 g/mol. The molecule has 0 aliphatic heterocycles. The highest BCUT2D eigenvalue weighted by atomic mass is 16.6. The summed E-state index contributed by atoms with van der Waals surface area (Å²) >= 11 is 0. The van der Waals surface area contributed by atoms with Crippen LogP contribution in [0.3, 0.4) is 0 Å². The smallest absolute Gasteiger partial charge is 0.410 e. The van der Waals surface area contributed by atoms with Gasteiger partial charge in [-0.25, -0.2) is 14.4 Å². The molecule has 0 atom stereocenters. The summed E-state index contributed by atoms with van der Waals surface area (Å²) in [6, 6.07) is 31.8. The van der Waals surface area contributed by atoms with Crippen molar-refractivity contribution in [3.8, 4) is 0 Å². The fraction of sp³-hybridized carbons (Fsp3) is 0.491. The highest BCUT2D eigenvalue weighted by Gasteiger charge is 2.18. The van der Waals surface area contributed by atoms with Crippen LogP contribution in [0.2, 0.25) is 0 Å². The summed E-state index contributed by atoms with van der Waals surface area (Å²) < 4.78 is 16.3. The van der Waals surface area contributed by atoms with Gasteiger partial charge in [0.2, 0.25) is 11.8 Å². The lowest BCUT2D eigenvalue weighted by Gasteiger charge is -2.23. The number of unbranched alkanes of at least 4 members (excludes halogenated alkanes) is 2. The van der Waals surface area contributed by atoms with Crippen molar-refractivity contribution in [2.75, 3.05) is 52.4 Å². The third kappa shape index (κ3) is 26.4. The number of rotatable bonds is 27. The van der Waals surface area contributed by atoms with Crippen molar-refractivity contribution < 1.29 is 38.2 Å². The molecule has 14 heteroatoms. The molecule has 5 N–H and O–H groups in total. The van der Waals surface area contributed by atoms with Crippen molar-refractivity contribution in [1.29, 1.82) is 0 Å². The van der Waals surface area contributed by atoms with Gasteiger partial charge in [-0.2, -0.15) is 0 Å². The van der Waals surface area contributed by atoms with Crippen LogP contribution in [0.4, 0.5) is 14.4 Å². The van der Waals surface area contributed by atoms with E-state index in [1.807, 2.05) is 81.4 Å². The van der Waals surface area contributed by atoms with Gasteiger partial charge in [0, 0.05) is 58.7 Å². The molecule has 71 heavy (non-hydrogen) atoms. The zero-order valence-electron chi connectivity index (χ0n) is 43.6. The molecular weight excluding hydrogens is 897 g/mol. The number of ether oxygens (including phenoxy) is 3. The van der Waals surface area contributed by atoms with Gasteiger partial charge in [0.05, 0.1) is 0 Å². The molecule has 14 nitrogen and oxygen atoms in total. The fourth-order valence-electron chi connectivity index (χ4n) is 7.20. The maximum atomic E-state index is 12.8. The number of hydrogen-bond donors (Lipinski definition) is 4. The number of alkyl carbamates (subject to hydrolysis) is 1. The number of carbonyl (C=O) groups is 5. The number of amides is 5. The summed E-state index contributed by atoms with van der Waals surface area (Å²) in [5, 5.41) is 8.66. The largest absolute Gasteiger partial charge is 0.445 e. The molecule has 0 fully saturated rings. The fourth-order valence-corrected chi connectivity index (χ4v) is 7.20. The Balaban J connectivity index is 0.000000383. The number of carbonyl (C=O) groups excluding carboxylic acids is 5. The predicted molar refractivity (Wildman–Crippen MR) is 282 cm³/mol. The first-order chi connectivity index (χ1) is 34.0. The topological polar surface area (TPSA) is 182 Å². The van der Waals surface area contributed by atoms with Gasteiger partial charge in [-0.3, -0.25) is 9.59 Å². The van der Waals surface area contributed by atoms with E-state index in [2.05, 4.69) is 80.0 Å².